The second-order valence-electron chi connectivity index (χ2n) is 4.47. The molecule has 5 heteroatoms. The standard InChI is InChI=1S/C15H17N3O2/c1-10(12-5-4-8-16-9-12)17-14-7-6-13(11(2)18-14)15(19)20-3/h4-10H,1-3H3,(H,17,18). The molecule has 0 bridgehead atoms. The van der Waals surface area contributed by atoms with E-state index >= 15 is 0 Å². The number of anilines is 1. The minimum atomic E-state index is -0.373. The molecule has 0 fully saturated rings. The predicted octanol–water partition coefficient (Wildman–Crippen LogP) is 2.74. The Morgan fingerprint density at radius 3 is 2.75 bits per heavy atom. The second kappa shape index (κ2) is 6.14. The Balaban J connectivity index is 2.15. The van der Waals surface area contributed by atoms with Crippen molar-refractivity contribution in [3.63, 3.8) is 0 Å². The van der Waals surface area contributed by atoms with Crippen LogP contribution in [0.25, 0.3) is 0 Å². The molecule has 1 atom stereocenters. The molecular weight excluding hydrogens is 254 g/mol. The summed E-state index contributed by atoms with van der Waals surface area (Å²) in [4.78, 5) is 20.0. The van der Waals surface area contributed by atoms with Gasteiger partial charge in [-0.05, 0) is 37.6 Å². The molecule has 104 valence electrons. The number of nitrogens with zero attached hydrogens (tertiary/aromatic N) is 2. The number of carbonyl (C=O) groups is 1. The first-order chi connectivity index (χ1) is 9.61. The van der Waals surface area contributed by atoms with Crippen LogP contribution in [0.15, 0.2) is 36.7 Å². The Hall–Kier alpha value is -2.43. The van der Waals surface area contributed by atoms with Gasteiger partial charge in [0.1, 0.15) is 5.82 Å². The van der Waals surface area contributed by atoms with Crippen molar-refractivity contribution in [3.05, 3.63) is 53.5 Å². The SMILES string of the molecule is COC(=O)c1ccc(NC(C)c2cccnc2)nc1C. The third-order valence-electron chi connectivity index (χ3n) is 3.04. The van der Waals surface area contributed by atoms with Gasteiger partial charge in [0.15, 0.2) is 0 Å². The summed E-state index contributed by atoms with van der Waals surface area (Å²) < 4.78 is 4.70. The van der Waals surface area contributed by atoms with Crippen LogP contribution >= 0.6 is 0 Å². The van der Waals surface area contributed by atoms with E-state index in [4.69, 9.17) is 4.74 Å². The van der Waals surface area contributed by atoms with Gasteiger partial charge in [0.2, 0.25) is 0 Å². The first-order valence-corrected chi connectivity index (χ1v) is 6.34. The number of nitrogens with one attached hydrogen (secondary N) is 1. The monoisotopic (exact) mass is 271 g/mol. The first-order valence-electron chi connectivity index (χ1n) is 6.34. The third kappa shape index (κ3) is 3.12. The van der Waals surface area contributed by atoms with E-state index in [0.717, 1.165) is 5.56 Å². The van der Waals surface area contributed by atoms with Crippen LogP contribution in [0.5, 0.6) is 0 Å². The van der Waals surface area contributed by atoms with Gasteiger partial charge in [-0.15, -0.1) is 0 Å². The fourth-order valence-electron chi connectivity index (χ4n) is 1.90. The van der Waals surface area contributed by atoms with E-state index < -0.39 is 0 Å². The largest absolute Gasteiger partial charge is 0.465 e. The van der Waals surface area contributed by atoms with Crippen molar-refractivity contribution in [1.29, 1.82) is 0 Å². The Kier molecular flexibility index (Phi) is 4.30. The highest BCUT2D eigenvalue weighted by atomic mass is 16.5. The van der Waals surface area contributed by atoms with Gasteiger partial charge < -0.3 is 10.1 Å². The number of hydrogen-bond donors (Lipinski definition) is 1. The lowest BCUT2D eigenvalue weighted by molar-refractivity contribution is 0.0599. The highest BCUT2D eigenvalue weighted by Gasteiger charge is 2.12. The van der Waals surface area contributed by atoms with Gasteiger partial charge in [-0.2, -0.15) is 0 Å². The second-order valence-corrected chi connectivity index (χ2v) is 4.47. The molecule has 2 aromatic heterocycles. The molecule has 0 radical (unpaired) electrons. The van der Waals surface area contributed by atoms with Crippen molar-refractivity contribution in [2.75, 3.05) is 12.4 Å². The molecule has 0 aromatic carbocycles. The maximum Gasteiger partial charge on any atom is 0.339 e. The highest BCUT2D eigenvalue weighted by molar-refractivity contribution is 5.90. The predicted molar refractivity (Wildman–Crippen MR) is 76.6 cm³/mol. The van der Waals surface area contributed by atoms with E-state index in [1.54, 1.807) is 25.3 Å². The Morgan fingerprint density at radius 2 is 2.15 bits per heavy atom. The fraction of sp³-hybridized carbons (Fsp3) is 0.267. The zero-order chi connectivity index (χ0) is 14.5. The summed E-state index contributed by atoms with van der Waals surface area (Å²) in [6.45, 7) is 3.81. The minimum absolute atomic E-state index is 0.0829. The molecule has 20 heavy (non-hydrogen) atoms. The van der Waals surface area contributed by atoms with E-state index in [9.17, 15) is 4.79 Å². The number of esters is 1. The summed E-state index contributed by atoms with van der Waals surface area (Å²) in [6.07, 6.45) is 3.55. The molecule has 0 aliphatic carbocycles. The Labute approximate surface area is 118 Å². The Morgan fingerprint density at radius 1 is 1.35 bits per heavy atom. The molecule has 0 aliphatic rings. The maximum absolute atomic E-state index is 11.5. The van der Waals surface area contributed by atoms with Crippen molar-refractivity contribution in [1.82, 2.24) is 9.97 Å². The van der Waals surface area contributed by atoms with Crippen LogP contribution in [0.3, 0.4) is 0 Å². The van der Waals surface area contributed by atoms with E-state index in [-0.39, 0.29) is 12.0 Å². The summed E-state index contributed by atoms with van der Waals surface area (Å²) in [6, 6.07) is 7.46. The van der Waals surface area contributed by atoms with Gasteiger partial charge in [0, 0.05) is 12.4 Å². The van der Waals surface area contributed by atoms with Crippen molar-refractivity contribution < 1.29 is 9.53 Å². The fourth-order valence-corrected chi connectivity index (χ4v) is 1.90. The lowest BCUT2D eigenvalue weighted by Gasteiger charge is -2.15. The first kappa shape index (κ1) is 14.0. The van der Waals surface area contributed by atoms with Gasteiger partial charge in [0.05, 0.1) is 24.4 Å². The number of ether oxygens (including phenoxy) is 1. The lowest BCUT2D eigenvalue weighted by Crippen LogP contribution is -2.11. The molecule has 2 heterocycles. The molecule has 2 rings (SSSR count). The van der Waals surface area contributed by atoms with Gasteiger partial charge >= 0.3 is 5.97 Å². The molecular formula is C15H17N3O2. The molecule has 5 nitrogen and oxygen atoms in total. The zero-order valence-corrected chi connectivity index (χ0v) is 11.8. The molecule has 0 saturated carbocycles. The van der Waals surface area contributed by atoms with Gasteiger partial charge in [0.25, 0.3) is 0 Å². The van der Waals surface area contributed by atoms with Gasteiger partial charge in [-0.1, -0.05) is 6.07 Å². The minimum Gasteiger partial charge on any atom is -0.465 e. The number of hydrogen-bond acceptors (Lipinski definition) is 5. The maximum atomic E-state index is 11.5. The van der Waals surface area contributed by atoms with Crippen molar-refractivity contribution in [2.24, 2.45) is 0 Å². The van der Waals surface area contributed by atoms with E-state index in [0.29, 0.717) is 17.1 Å². The van der Waals surface area contributed by atoms with Crippen molar-refractivity contribution >= 4 is 11.8 Å². The van der Waals surface area contributed by atoms with E-state index in [1.807, 2.05) is 25.3 Å². The summed E-state index contributed by atoms with van der Waals surface area (Å²) in [5.74, 6) is 0.341. The molecule has 1 unspecified atom stereocenters. The van der Waals surface area contributed by atoms with E-state index in [2.05, 4.69) is 15.3 Å². The van der Waals surface area contributed by atoms with Gasteiger partial charge in [-0.3, -0.25) is 4.98 Å². The molecule has 0 amide bonds. The molecule has 1 N–H and O–H groups in total. The summed E-state index contributed by atoms with van der Waals surface area (Å²) in [5, 5.41) is 3.28. The van der Waals surface area contributed by atoms with Crippen LogP contribution in [0.4, 0.5) is 5.82 Å². The molecule has 0 aliphatic heterocycles. The number of aromatic nitrogens is 2. The Bertz CT molecular complexity index is 599. The van der Waals surface area contributed by atoms with Crippen LogP contribution in [0, 0.1) is 6.92 Å². The van der Waals surface area contributed by atoms with Crippen LogP contribution in [-0.4, -0.2) is 23.0 Å². The molecule has 0 spiro atoms. The third-order valence-corrected chi connectivity index (χ3v) is 3.04. The average molecular weight is 271 g/mol. The summed E-state index contributed by atoms with van der Waals surface area (Å²) in [5.41, 5.74) is 2.19. The lowest BCUT2D eigenvalue weighted by atomic mass is 10.1. The zero-order valence-electron chi connectivity index (χ0n) is 11.8. The van der Waals surface area contributed by atoms with Crippen LogP contribution < -0.4 is 5.32 Å². The summed E-state index contributed by atoms with van der Waals surface area (Å²) in [7, 11) is 1.36. The normalized spacial score (nSPS) is 11.8. The number of methoxy groups -OCH3 is 1. The number of aryl methyl sites for hydroxylation is 1. The highest BCUT2D eigenvalue weighted by Crippen LogP contribution is 2.18. The number of rotatable bonds is 4. The van der Waals surface area contributed by atoms with E-state index in [1.165, 1.54) is 7.11 Å². The molecule has 2 aromatic rings. The smallest absolute Gasteiger partial charge is 0.339 e. The molecule has 0 saturated heterocycles. The van der Waals surface area contributed by atoms with Crippen molar-refractivity contribution in [3.8, 4) is 0 Å². The number of pyridine rings is 2. The van der Waals surface area contributed by atoms with Crippen LogP contribution in [0.1, 0.15) is 34.6 Å². The topological polar surface area (TPSA) is 64.1 Å². The summed E-state index contributed by atoms with van der Waals surface area (Å²) >= 11 is 0. The van der Waals surface area contributed by atoms with Gasteiger partial charge in [-0.25, -0.2) is 9.78 Å². The van der Waals surface area contributed by atoms with Crippen LogP contribution in [-0.2, 0) is 4.74 Å². The average Bonchev–Trinajstić information content (AvgIpc) is 2.47. The van der Waals surface area contributed by atoms with Crippen molar-refractivity contribution in [2.45, 2.75) is 19.9 Å². The number of carbonyl (C=O) groups excluding carboxylic acids is 1. The quantitative estimate of drug-likeness (QED) is 0.866. The van der Waals surface area contributed by atoms with Crippen LogP contribution in [0.2, 0.25) is 0 Å².